The van der Waals surface area contributed by atoms with Gasteiger partial charge in [0.15, 0.2) is 0 Å². The molecule has 0 heterocycles. The fraction of sp³-hybridized carbons (Fsp3) is 0.353. The highest BCUT2D eigenvalue weighted by Gasteiger charge is 2.24. The van der Waals surface area contributed by atoms with Crippen molar-refractivity contribution in [1.29, 1.82) is 0 Å². The summed E-state index contributed by atoms with van der Waals surface area (Å²) in [6, 6.07) is 17.4. The molecule has 1 atom stereocenters. The highest BCUT2D eigenvalue weighted by molar-refractivity contribution is 5.50. The molecule has 3 aromatic rings. The molecule has 0 amide bonds. The van der Waals surface area contributed by atoms with Crippen LogP contribution in [0.5, 0.6) is 0 Å². The highest BCUT2D eigenvalue weighted by Crippen LogP contribution is 2.32. The molecule has 0 nitrogen and oxygen atoms in total. The quantitative estimate of drug-likeness (QED) is 0.311. The summed E-state index contributed by atoms with van der Waals surface area (Å²) < 4.78 is 29.9. The highest BCUT2D eigenvalue weighted by atomic mass is 19.1. The lowest BCUT2D eigenvalue weighted by atomic mass is 9.80. The summed E-state index contributed by atoms with van der Waals surface area (Å²) in [5.41, 5.74) is 5.25. The number of hydrogen-bond acceptors (Lipinski definition) is 0. The van der Waals surface area contributed by atoms with Gasteiger partial charge in [0.25, 0.3) is 0 Å². The van der Waals surface area contributed by atoms with Crippen LogP contribution in [0, 0.1) is 41.2 Å². The molecular formula is C34H34F2. The maximum absolute atomic E-state index is 15.1. The Morgan fingerprint density at radius 3 is 1.97 bits per heavy atom. The molecule has 0 saturated heterocycles. The van der Waals surface area contributed by atoms with Crippen LogP contribution in [0.4, 0.5) is 8.78 Å². The molecule has 36 heavy (non-hydrogen) atoms. The van der Waals surface area contributed by atoms with Crippen LogP contribution >= 0.6 is 0 Å². The van der Waals surface area contributed by atoms with Gasteiger partial charge in [-0.1, -0.05) is 75.3 Å². The zero-order valence-electron chi connectivity index (χ0n) is 21.4. The van der Waals surface area contributed by atoms with Gasteiger partial charge < -0.3 is 0 Å². The largest absolute Gasteiger partial charge is 0.206 e. The fourth-order valence-electron chi connectivity index (χ4n) is 4.83. The molecule has 0 saturated carbocycles. The zero-order chi connectivity index (χ0) is 25.3. The Balaban J connectivity index is 1.44. The minimum atomic E-state index is -0.557. The Morgan fingerprint density at radius 2 is 1.36 bits per heavy atom. The zero-order valence-corrected chi connectivity index (χ0v) is 21.4. The second-order valence-electron chi connectivity index (χ2n) is 9.81. The first-order valence-corrected chi connectivity index (χ1v) is 13.3. The Hall–Kier alpha value is -3.36. The van der Waals surface area contributed by atoms with Crippen molar-refractivity contribution < 1.29 is 8.78 Å². The summed E-state index contributed by atoms with van der Waals surface area (Å²) in [7, 11) is 0. The topological polar surface area (TPSA) is 0 Å². The molecule has 2 heteroatoms. The van der Waals surface area contributed by atoms with Gasteiger partial charge in [0.2, 0.25) is 0 Å². The van der Waals surface area contributed by atoms with Gasteiger partial charge in [-0.25, -0.2) is 8.78 Å². The summed E-state index contributed by atoms with van der Waals surface area (Å²) in [6.45, 7) is 4.38. The molecule has 0 N–H and O–H groups in total. The van der Waals surface area contributed by atoms with E-state index in [2.05, 4.69) is 61.8 Å². The van der Waals surface area contributed by atoms with Gasteiger partial charge in [-0.15, -0.1) is 0 Å². The van der Waals surface area contributed by atoms with E-state index in [1.165, 1.54) is 30.9 Å². The van der Waals surface area contributed by atoms with Gasteiger partial charge in [-0.2, -0.15) is 0 Å². The monoisotopic (exact) mass is 480 g/mol. The van der Waals surface area contributed by atoms with Crippen molar-refractivity contribution >= 4 is 0 Å². The van der Waals surface area contributed by atoms with Crippen LogP contribution < -0.4 is 0 Å². The Bertz CT molecular complexity index is 1290. The first-order chi connectivity index (χ1) is 17.6. The fourth-order valence-corrected chi connectivity index (χ4v) is 4.83. The van der Waals surface area contributed by atoms with Crippen molar-refractivity contribution in [1.82, 2.24) is 0 Å². The molecule has 0 spiro atoms. The van der Waals surface area contributed by atoms with Gasteiger partial charge in [0, 0.05) is 16.7 Å². The van der Waals surface area contributed by atoms with E-state index in [0.717, 1.165) is 48.8 Å². The van der Waals surface area contributed by atoms with E-state index in [1.807, 2.05) is 24.3 Å². The molecule has 1 aliphatic carbocycles. The molecule has 0 fully saturated rings. The predicted octanol–water partition coefficient (Wildman–Crippen LogP) is 8.40. The molecule has 1 unspecified atom stereocenters. The molecule has 0 aliphatic heterocycles. The molecule has 0 aromatic heterocycles. The van der Waals surface area contributed by atoms with E-state index >= 15 is 4.39 Å². The summed E-state index contributed by atoms with van der Waals surface area (Å²) in [5, 5.41) is 0. The van der Waals surface area contributed by atoms with E-state index in [9.17, 15) is 4.39 Å². The summed E-state index contributed by atoms with van der Waals surface area (Å²) in [5.74, 6) is 11.5. The molecule has 3 aromatic carbocycles. The van der Waals surface area contributed by atoms with Crippen LogP contribution in [-0.2, 0) is 19.3 Å². The van der Waals surface area contributed by atoms with Crippen molar-refractivity contribution in [2.75, 3.05) is 0 Å². The Labute approximate surface area is 215 Å². The second-order valence-corrected chi connectivity index (χ2v) is 9.81. The minimum absolute atomic E-state index is 0.119. The van der Waals surface area contributed by atoms with Crippen LogP contribution in [0.25, 0.3) is 0 Å². The Morgan fingerprint density at radius 1 is 0.778 bits per heavy atom. The van der Waals surface area contributed by atoms with Crippen LogP contribution in [0.2, 0.25) is 0 Å². The van der Waals surface area contributed by atoms with Gasteiger partial charge in [0.1, 0.15) is 11.6 Å². The third kappa shape index (κ3) is 6.65. The van der Waals surface area contributed by atoms with E-state index in [4.69, 9.17) is 0 Å². The smallest absolute Gasteiger partial charge is 0.145 e. The molecular weight excluding hydrogens is 446 g/mol. The first-order valence-electron chi connectivity index (χ1n) is 13.3. The van der Waals surface area contributed by atoms with Crippen molar-refractivity contribution in [2.45, 2.75) is 71.6 Å². The average molecular weight is 481 g/mol. The van der Waals surface area contributed by atoms with Crippen LogP contribution in [0.15, 0.2) is 54.6 Å². The SMILES string of the molecule is CCCCc1ccc(C#Cc2ccc(C#Cc3c(F)cc4c(c3F)CCC(CCCC)C4)cc2)cc1. The lowest BCUT2D eigenvalue weighted by molar-refractivity contribution is 0.402. The van der Waals surface area contributed by atoms with E-state index in [0.29, 0.717) is 23.5 Å². The molecule has 4 rings (SSSR count). The van der Waals surface area contributed by atoms with E-state index in [1.54, 1.807) is 0 Å². The van der Waals surface area contributed by atoms with Gasteiger partial charge in [-0.3, -0.25) is 0 Å². The van der Waals surface area contributed by atoms with E-state index < -0.39 is 11.6 Å². The first kappa shape index (κ1) is 25.7. The van der Waals surface area contributed by atoms with Crippen LogP contribution in [0.1, 0.15) is 91.3 Å². The summed E-state index contributed by atoms with van der Waals surface area (Å²) in [6.07, 6.45) is 9.35. The molecule has 0 radical (unpaired) electrons. The normalized spacial score (nSPS) is 14.3. The lowest BCUT2D eigenvalue weighted by Crippen LogP contribution is -2.17. The van der Waals surface area contributed by atoms with Crippen molar-refractivity contribution in [3.63, 3.8) is 0 Å². The van der Waals surface area contributed by atoms with Gasteiger partial charge >= 0.3 is 0 Å². The maximum Gasteiger partial charge on any atom is 0.145 e. The minimum Gasteiger partial charge on any atom is -0.206 e. The Kier molecular flexibility index (Phi) is 8.97. The average Bonchev–Trinajstić information content (AvgIpc) is 2.90. The van der Waals surface area contributed by atoms with Crippen molar-refractivity contribution in [3.05, 3.63) is 105 Å². The maximum atomic E-state index is 15.1. The third-order valence-corrected chi connectivity index (χ3v) is 7.03. The molecule has 184 valence electrons. The summed E-state index contributed by atoms with van der Waals surface area (Å²) in [4.78, 5) is 0. The van der Waals surface area contributed by atoms with Crippen LogP contribution in [0.3, 0.4) is 0 Å². The van der Waals surface area contributed by atoms with Crippen molar-refractivity contribution in [2.24, 2.45) is 5.92 Å². The van der Waals surface area contributed by atoms with Crippen LogP contribution in [-0.4, -0.2) is 0 Å². The number of rotatable bonds is 6. The molecule has 1 aliphatic rings. The second kappa shape index (κ2) is 12.6. The van der Waals surface area contributed by atoms with Crippen molar-refractivity contribution in [3.8, 4) is 23.7 Å². The standard InChI is InChI=1S/C34H34F2/c1-3-5-7-25-9-11-26(12-10-25)13-14-27-15-17-28(18-16-27)19-22-32-33(35)24-30-23-29(8-6-4-2)20-21-31(30)34(32)36/h9-12,15-18,24,29H,3-8,20-21,23H2,1-2H3. The molecule has 0 bridgehead atoms. The van der Waals surface area contributed by atoms with Gasteiger partial charge in [0.05, 0.1) is 5.56 Å². The summed E-state index contributed by atoms with van der Waals surface area (Å²) >= 11 is 0. The number of benzene rings is 3. The number of unbranched alkanes of at least 4 members (excludes halogenated alkanes) is 2. The van der Waals surface area contributed by atoms with E-state index in [-0.39, 0.29) is 5.56 Å². The third-order valence-electron chi connectivity index (χ3n) is 7.03. The number of fused-ring (bicyclic) bond motifs is 1. The number of hydrogen-bond donors (Lipinski definition) is 0. The predicted molar refractivity (Wildman–Crippen MR) is 145 cm³/mol. The number of halogens is 2. The lowest BCUT2D eigenvalue weighted by Gasteiger charge is -2.25. The van der Waals surface area contributed by atoms with Gasteiger partial charge in [-0.05, 0) is 97.2 Å². The number of aryl methyl sites for hydroxylation is 1.